The quantitative estimate of drug-likeness (QED) is 0.723. The van der Waals surface area contributed by atoms with Crippen molar-refractivity contribution < 1.29 is 0 Å². The summed E-state index contributed by atoms with van der Waals surface area (Å²) in [6.07, 6.45) is 3.45. The van der Waals surface area contributed by atoms with Crippen molar-refractivity contribution in [3.05, 3.63) is 51.5 Å². The van der Waals surface area contributed by atoms with E-state index in [0.717, 1.165) is 38.4 Å². The lowest BCUT2D eigenvalue weighted by atomic mass is 9.85. The highest BCUT2D eigenvalue weighted by molar-refractivity contribution is 14.0. The summed E-state index contributed by atoms with van der Waals surface area (Å²) < 4.78 is 0. The van der Waals surface area contributed by atoms with E-state index in [1.165, 1.54) is 27.6 Å². The first-order valence-electron chi connectivity index (χ1n) is 8.31. The third-order valence-electron chi connectivity index (χ3n) is 4.71. The van der Waals surface area contributed by atoms with Crippen LogP contribution in [0.4, 0.5) is 0 Å². The number of aromatic nitrogens is 1. The lowest BCUT2D eigenvalue weighted by Crippen LogP contribution is -2.35. The number of fused-ring (bicyclic) bond motifs is 1. The average molecular weight is 454 g/mol. The molecule has 1 aliphatic carbocycles. The van der Waals surface area contributed by atoms with Gasteiger partial charge >= 0.3 is 0 Å². The Hall–Kier alpha value is -1.15. The molecule has 1 N–H and O–H groups in total. The van der Waals surface area contributed by atoms with Gasteiger partial charge in [-0.15, -0.1) is 35.3 Å². The minimum absolute atomic E-state index is 0. The highest BCUT2D eigenvalue weighted by Gasteiger charge is 2.23. The molecule has 1 unspecified atom stereocenters. The Morgan fingerprint density at radius 3 is 2.88 bits per heavy atom. The van der Waals surface area contributed by atoms with Crippen LogP contribution in [0.2, 0.25) is 0 Å². The molecule has 0 spiro atoms. The Kier molecular flexibility index (Phi) is 5.76. The fourth-order valence-electron chi connectivity index (χ4n) is 3.39. The Balaban J connectivity index is 0.00000169. The SMILES string of the molecule is CN1CCN=C1NCc1nc2c(s1)CC(c1ccccc1)CC2.I. The van der Waals surface area contributed by atoms with Crippen LogP contribution in [0.1, 0.15) is 33.5 Å². The molecule has 0 saturated carbocycles. The van der Waals surface area contributed by atoms with E-state index in [4.69, 9.17) is 4.98 Å². The van der Waals surface area contributed by atoms with Crippen molar-refractivity contribution in [1.29, 1.82) is 0 Å². The van der Waals surface area contributed by atoms with Gasteiger partial charge in [-0.1, -0.05) is 30.3 Å². The van der Waals surface area contributed by atoms with Gasteiger partial charge in [-0.25, -0.2) is 4.98 Å². The van der Waals surface area contributed by atoms with Gasteiger partial charge in [0.15, 0.2) is 5.96 Å². The van der Waals surface area contributed by atoms with Crippen molar-refractivity contribution >= 4 is 41.3 Å². The first-order chi connectivity index (χ1) is 11.3. The van der Waals surface area contributed by atoms with Crippen LogP contribution < -0.4 is 5.32 Å². The van der Waals surface area contributed by atoms with Gasteiger partial charge < -0.3 is 10.2 Å². The van der Waals surface area contributed by atoms with E-state index >= 15 is 0 Å². The maximum absolute atomic E-state index is 4.85. The predicted octanol–water partition coefficient (Wildman–Crippen LogP) is 3.42. The number of hydrogen-bond donors (Lipinski definition) is 1. The van der Waals surface area contributed by atoms with E-state index in [0.29, 0.717) is 5.92 Å². The molecule has 2 aromatic rings. The Morgan fingerprint density at radius 2 is 2.12 bits per heavy atom. The third kappa shape index (κ3) is 3.74. The van der Waals surface area contributed by atoms with Gasteiger partial charge in [-0.2, -0.15) is 0 Å². The van der Waals surface area contributed by atoms with Gasteiger partial charge in [0.1, 0.15) is 5.01 Å². The number of benzene rings is 1. The highest BCUT2D eigenvalue weighted by atomic mass is 127. The lowest BCUT2D eigenvalue weighted by molar-refractivity contribution is 0.533. The lowest BCUT2D eigenvalue weighted by Gasteiger charge is -2.21. The maximum atomic E-state index is 4.85. The number of guanidine groups is 1. The molecule has 2 heterocycles. The van der Waals surface area contributed by atoms with Gasteiger partial charge in [-0.05, 0) is 30.7 Å². The summed E-state index contributed by atoms with van der Waals surface area (Å²) in [7, 11) is 2.08. The minimum Gasteiger partial charge on any atom is -0.350 e. The standard InChI is InChI=1S/C18H22N4S.HI/c1-22-10-9-19-18(22)20-12-17-21-15-8-7-14(11-16(15)23-17)13-5-3-2-4-6-13;/h2-6,14H,7-12H2,1H3,(H,19,20);1H. The smallest absolute Gasteiger partial charge is 0.194 e. The van der Waals surface area contributed by atoms with E-state index in [-0.39, 0.29) is 24.0 Å². The van der Waals surface area contributed by atoms with Crippen LogP contribution in [0.5, 0.6) is 0 Å². The number of rotatable bonds is 3. The number of nitrogens with one attached hydrogen (secondary N) is 1. The largest absolute Gasteiger partial charge is 0.350 e. The van der Waals surface area contributed by atoms with E-state index in [2.05, 4.69) is 52.6 Å². The Labute approximate surface area is 164 Å². The zero-order chi connectivity index (χ0) is 15.6. The molecule has 0 radical (unpaired) electrons. The van der Waals surface area contributed by atoms with Crippen LogP contribution >= 0.6 is 35.3 Å². The molecule has 1 aromatic heterocycles. The molecule has 24 heavy (non-hydrogen) atoms. The second-order valence-electron chi connectivity index (χ2n) is 6.31. The van der Waals surface area contributed by atoms with Crippen molar-refractivity contribution in [2.75, 3.05) is 20.1 Å². The first kappa shape index (κ1) is 17.7. The number of halogens is 1. The molecular formula is C18H23IN4S. The Bertz CT molecular complexity index is 713. The van der Waals surface area contributed by atoms with Crippen LogP contribution in [-0.4, -0.2) is 36.0 Å². The molecule has 4 nitrogen and oxygen atoms in total. The number of aliphatic imine (C=N–C) groups is 1. The van der Waals surface area contributed by atoms with Crippen LogP contribution in [0.3, 0.4) is 0 Å². The zero-order valence-corrected chi connectivity index (χ0v) is 17.0. The summed E-state index contributed by atoms with van der Waals surface area (Å²) in [6, 6.07) is 10.9. The number of likely N-dealkylation sites (N-methyl/N-ethyl adjacent to an activating group) is 1. The molecule has 2 aliphatic rings. The number of thiazole rings is 1. The van der Waals surface area contributed by atoms with Crippen molar-refractivity contribution in [3.63, 3.8) is 0 Å². The molecular weight excluding hydrogens is 431 g/mol. The van der Waals surface area contributed by atoms with Crippen molar-refractivity contribution in [1.82, 2.24) is 15.2 Å². The summed E-state index contributed by atoms with van der Waals surface area (Å²) in [5.41, 5.74) is 2.79. The first-order valence-corrected chi connectivity index (χ1v) is 9.13. The van der Waals surface area contributed by atoms with E-state index < -0.39 is 0 Å². The molecule has 4 rings (SSSR count). The molecule has 0 amide bonds. The third-order valence-corrected chi connectivity index (χ3v) is 5.83. The van der Waals surface area contributed by atoms with E-state index in [1.54, 1.807) is 0 Å². The molecule has 1 atom stereocenters. The normalized spacial score (nSPS) is 19.5. The topological polar surface area (TPSA) is 40.5 Å². The monoisotopic (exact) mass is 454 g/mol. The van der Waals surface area contributed by atoms with Crippen molar-refractivity contribution in [2.24, 2.45) is 4.99 Å². The highest BCUT2D eigenvalue weighted by Crippen LogP contribution is 2.35. The number of nitrogens with zero attached hydrogens (tertiary/aromatic N) is 3. The predicted molar refractivity (Wildman–Crippen MR) is 111 cm³/mol. The van der Waals surface area contributed by atoms with Crippen LogP contribution in [0.25, 0.3) is 0 Å². The summed E-state index contributed by atoms with van der Waals surface area (Å²) >= 11 is 1.87. The number of aryl methyl sites for hydroxylation is 1. The van der Waals surface area contributed by atoms with Gasteiger partial charge in [-0.3, -0.25) is 4.99 Å². The van der Waals surface area contributed by atoms with Crippen molar-refractivity contribution in [3.8, 4) is 0 Å². The molecule has 0 fully saturated rings. The second kappa shape index (κ2) is 7.82. The summed E-state index contributed by atoms with van der Waals surface area (Å²) in [6.45, 7) is 2.69. The fourth-order valence-corrected chi connectivity index (χ4v) is 4.53. The average Bonchev–Trinajstić information content (AvgIpc) is 3.18. The van der Waals surface area contributed by atoms with Crippen LogP contribution in [0.15, 0.2) is 35.3 Å². The summed E-state index contributed by atoms with van der Waals surface area (Å²) in [5.74, 6) is 1.65. The minimum atomic E-state index is 0. The molecule has 0 bridgehead atoms. The van der Waals surface area contributed by atoms with E-state index in [9.17, 15) is 0 Å². The molecule has 128 valence electrons. The molecule has 0 saturated heterocycles. The van der Waals surface area contributed by atoms with Crippen LogP contribution in [-0.2, 0) is 19.4 Å². The summed E-state index contributed by atoms with van der Waals surface area (Å²) in [5, 5.41) is 4.61. The van der Waals surface area contributed by atoms with Crippen LogP contribution in [0, 0.1) is 0 Å². The second-order valence-corrected chi connectivity index (χ2v) is 7.48. The zero-order valence-electron chi connectivity index (χ0n) is 13.9. The number of hydrogen-bond acceptors (Lipinski definition) is 5. The molecule has 1 aromatic carbocycles. The fraction of sp³-hybridized carbons (Fsp3) is 0.444. The van der Waals surface area contributed by atoms with Gasteiger partial charge in [0.05, 0.1) is 18.8 Å². The Morgan fingerprint density at radius 1 is 1.29 bits per heavy atom. The van der Waals surface area contributed by atoms with Gasteiger partial charge in [0.25, 0.3) is 0 Å². The van der Waals surface area contributed by atoms with Gasteiger partial charge in [0, 0.05) is 18.5 Å². The van der Waals surface area contributed by atoms with Crippen molar-refractivity contribution in [2.45, 2.75) is 31.7 Å². The van der Waals surface area contributed by atoms with Gasteiger partial charge in [0.2, 0.25) is 0 Å². The maximum Gasteiger partial charge on any atom is 0.194 e. The summed E-state index contributed by atoms with van der Waals surface area (Å²) in [4.78, 5) is 13.0. The molecule has 6 heteroatoms. The molecule has 1 aliphatic heterocycles. The van der Waals surface area contributed by atoms with E-state index in [1.807, 2.05) is 11.3 Å².